The van der Waals surface area contributed by atoms with E-state index in [0.29, 0.717) is 0 Å². The van der Waals surface area contributed by atoms with Gasteiger partial charge in [-0.25, -0.2) is 4.79 Å². The summed E-state index contributed by atoms with van der Waals surface area (Å²) in [7, 11) is 0. The van der Waals surface area contributed by atoms with Crippen molar-refractivity contribution in [2.45, 2.75) is 26.3 Å². The van der Waals surface area contributed by atoms with Crippen molar-refractivity contribution in [1.29, 1.82) is 0 Å². The summed E-state index contributed by atoms with van der Waals surface area (Å²) in [6, 6.07) is 8.43. The van der Waals surface area contributed by atoms with Crippen LogP contribution in [0.2, 0.25) is 0 Å². The summed E-state index contributed by atoms with van der Waals surface area (Å²) in [6.45, 7) is 5.00. The van der Waals surface area contributed by atoms with Crippen LogP contribution in [-0.2, 0) is 11.3 Å². The van der Waals surface area contributed by atoms with E-state index in [1.54, 1.807) is 0 Å². The van der Waals surface area contributed by atoms with Crippen LogP contribution in [-0.4, -0.2) is 29.1 Å². The van der Waals surface area contributed by atoms with Gasteiger partial charge in [0.1, 0.15) is 0 Å². The number of aliphatic carboxylic acids is 1. The lowest BCUT2D eigenvalue weighted by atomic mass is 10.0. The first-order valence-corrected chi connectivity index (χ1v) is 6.34. The molecular weight excluding hydrogens is 226 g/mol. The molecule has 1 aliphatic heterocycles. The van der Waals surface area contributed by atoms with Crippen molar-refractivity contribution in [3.05, 3.63) is 47.0 Å². The van der Waals surface area contributed by atoms with E-state index in [0.717, 1.165) is 38.0 Å². The SMILES string of the molecule is Cc1ccccc1CN1CCC(=CC(=O)O)CC1. The fraction of sp³-hybridized carbons (Fsp3) is 0.400. The first-order valence-electron chi connectivity index (χ1n) is 6.34. The number of hydrogen-bond acceptors (Lipinski definition) is 2. The molecule has 0 atom stereocenters. The smallest absolute Gasteiger partial charge is 0.328 e. The molecule has 18 heavy (non-hydrogen) atoms. The third-order valence-corrected chi connectivity index (χ3v) is 3.48. The van der Waals surface area contributed by atoms with Crippen molar-refractivity contribution in [1.82, 2.24) is 4.90 Å². The van der Waals surface area contributed by atoms with Gasteiger partial charge >= 0.3 is 5.97 Å². The summed E-state index contributed by atoms with van der Waals surface area (Å²) in [4.78, 5) is 13.0. The van der Waals surface area contributed by atoms with Crippen molar-refractivity contribution in [2.24, 2.45) is 0 Å². The van der Waals surface area contributed by atoms with E-state index in [1.165, 1.54) is 17.2 Å². The molecular formula is C15H19NO2. The Morgan fingerprint density at radius 1 is 1.33 bits per heavy atom. The van der Waals surface area contributed by atoms with E-state index >= 15 is 0 Å². The van der Waals surface area contributed by atoms with Crippen LogP contribution in [0.15, 0.2) is 35.9 Å². The molecule has 2 rings (SSSR count). The first kappa shape index (κ1) is 12.8. The highest BCUT2D eigenvalue weighted by Gasteiger charge is 2.15. The highest BCUT2D eigenvalue weighted by molar-refractivity contribution is 5.80. The molecule has 1 fully saturated rings. The number of hydrogen-bond donors (Lipinski definition) is 1. The highest BCUT2D eigenvalue weighted by Crippen LogP contribution is 2.19. The van der Waals surface area contributed by atoms with Crippen molar-refractivity contribution < 1.29 is 9.90 Å². The Morgan fingerprint density at radius 3 is 2.61 bits per heavy atom. The average Bonchev–Trinajstić information content (AvgIpc) is 2.34. The maximum Gasteiger partial charge on any atom is 0.328 e. The fourth-order valence-corrected chi connectivity index (χ4v) is 2.35. The van der Waals surface area contributed by atoms with E-state index in [2.05, 4.69) is 36.1 Å². The van der Waals surface area contributed by atoms with E-state index in [-0.39, 0.29) is 0 Å². The Balaban J connectivity index is 1.91. The van der Waals surface area contributed by atoms with Crippen LogP contribution in [0.4, 0.5) is 0 Å². The van der Waals surface area contributed by atoms with Crippen LogP contribution in [0, 0.1) is 6.92 Å². The number of carbonyl (C=O) groups is 1. The van der Waals surface area contributed by atoms with Crippen molar-refractivity contribution in [3.8, 4) is 0 Å². The van der Waals surface area contributed by atoms with Crippen molar-refractivity contribution in [3.63, 3.8) is 0 Å². The number of nitrogens with zero attached hydrogens (tertiary/aromatic N) is 1. The number of piperidine rings is 1. The van der Waals surface area contributed by atoms with E-state index in [4.69, 9.17) is 5.11 Å². The van der Waals surface area contributed by atoms with Gasteiger partial charge in [-0.3, -0.25) is 4.90 Å². The van der Waals surface area contributed by atoms with Crippen molar-refractivity contribution >= 4 is 5.97 Å². The lowest BCUT2D eigenvalue weighted by Crippen LogP contribution is -2.30. The zero-order valence-corrected chi connectivity index (χ0v) is 10.7. The zero-order valence-electron chi connectivity index (χ0n) is 10.7. The molecule has 0 spiro atoms. The van der Waals surface area contributed by atoms with Gasteiger partial charge < -0.3 is 5.11 Å². The van der Waals surface area contributed by atoms with Gasteiger partial charge in [0, 0.05) is 25.7 Å². The van der Waals surface area contributed by atoms with Crippen LogP contribution in [0.25, 0.3) is 0 Å². The summed E-state index contributed by atoms with van der Waals surface area (Å²) in [5.74, 6) is -0.822. The quantitative estimate of drug-likeness (QED) is 0.832. The number of likely N-dealkylation sites (tertiary alicyclic amines) is 1. The van der Waals surface area contributed by atoms with Crippen LogP contribution in [0.3, 0.4) is 0 Å². The first-order chi connectivity index (χ1) is 8.65. The maximum atomic E-state index is 10.6. The van der Waals surface area contributed by atoms with Gasteiger partial charge in [-0.2, -0.15) is 0 Å². The summed E-state index contributed by atoms with van der Waals surface area (Å²) >= 11 is 0. The number of benzene rings is 1. The van der Waals surface area contributed by atoms with Gasteiger partial charge in [-0.05, 0) is 30.9 Å². The molecule has 96 valence electrons. The van der Waals surface area contributed by atoms with Gasteiger partial charge in [0.15, 0.2) is 0 Å². The Hall–Kier alpha value is -1.61. The lowest BCUT2D eigenvalue weighted by Gasteiger charge is -2.28. The molecule has 1 saturated heterocycles. The molecule has 1 aliphatic rings. The molecule has 1 aromatic carbocycles. The predicted octanol–water partition coefficient (Wildman–Crippen LogP) is 2.60. The monoisotopic (exact) mass is 245 g/mol. The third-order valence-electron chi connectivity index (χ3n) is 3.48. The molecule has 0 aliphatic carbocycles. The number of aryl methyl sites for hydroxylation is 1. The minimum absolute atomic E-state index is 0.822. The summed E-state index contributed by atoms with van der Waals surface area (Å²) in [5, 5.41) is 8.71. The lowest BCUT2D eigenvalue weighted by molar-refractivity contribution is -0.131. The Morgan fingerprint density at radius 2 is 2.00 bits per heavy atom. The molecule has 0 aromatic heterocycles. The second kappa shape index (κ2) is 5.83. The average molecular weight is 245 g/mol. The Bertz CT molecular complexity index is 455. The molecule has 0 amide bonds. The molecule has 0 radical (unpaired) electrons. The van der Waals surface area contributed by atoms with E-state index in [1.807, 2.05) is 0 Å². The van der Waals surface area contributed by atoms with Crippen LogP contribution in [0.1, 0.15) is 24.0 Å². The Kier molecular flexibility index (Phi) is 4.15. The molecule has 3 heteroatoms. The summed E-state index contributed by atoms with van der Waals surface area (Å²) in [6.07, 6.45) is 3.11. The Labute approximate surface area is 108 Å². The van der Waals surface area contributed by atoms with Crippen LogP contribution >= 0.6 is 0 Å². The largest absolute Gasteiger partial charge is 0.478 e. The number of carboxylic acids is 1. The number of rotatable bonds is 3. The van der Waals surface area contributed by atoms with Gasteiger partial charge in [-0.15, -0.1) is 0 Å². The molecule has 1 N–H and O–H groups in total. The van der Waals surface area contributed by atoms with E-state index in [9.17, 15) is 4.79 Å². The van der Waals surface area contributed by atoms with Gasteiger partial charge in [0.05, 0.1) is 0 Å². The predicted molar refractivity (Wildman–Crippen MR) is 71.4 cm³/mol. The second-order valence-electron chi connectivity index (χ2n) is 4.84. The standard InChI is InChI=1S/C15H19NO2/c1-12-4-2-3-5-14(12)11-16-8-6-13(7-9-16)10-15(17)18/h2-5,10H,6-9,11H2,1H3,(H,17,18). The molecule has 1 aromatic rings. The molecule has 3 nitrogen and oxygen atoms in total. The minimum atomic E-state index is -0.822. The van der Waals surface area contributed by atoms with Crippen LogP contribution in [0.5, 0.6) is 0 Å². The summed E-state index contributed by atoms with van der Waals surface area (Å²) in [5.41, 5.74) is 3.75. The highest BCUT2D eigenvalue weighted by atomic mass is 16.4. The van der Waals surface area contributed by atoms with Crippen LogP contribution < -0.4 is 0 Å². The van der Waals surface area contributed by atoms with E-state index < -0.39 is 5.97 Å². The topological polar surface area (TPSA) is 40.5 Å². The minimum Gasteiger partial charge on any atom is -0.478 e. The molecule has 0 saturated carbocycles. The second-order valence-corrected chi connectivity index (χ2v) is 4.84. The fourth-order valence-electron chi connectivity index (χ4n) is 2.35. The third kappa shape index (κ3) is 3.44. The van der Waals surface area contributed by atoms with Gasteiger partial charge in [0.25, 0.3) is 0 Å². The van der Waals surface area contributed by atoms with Crippen molar-refractivity contribution in [2.75, 3.05) is 13.1 Å². The molecule has 1 heterocycles. The maximum absolute atomic E-state index is 10.6. The summed E-state index contributed by atoms with van der Waals surface area (Å²) < 4.78 is 0. The molecule has 0 bridgehead atoms. The van der Waals surface area contributed by atoms with Gasteiger partial charge in [0.2, 0.25) is 0 Å². The zero-order chi connectivity index (χ0) is 13.0. The molecule has 0 unspecified atom stereocenters. The number of carboxylic acid groups (broad SMARTS) is 1. The van der Waals surface area contributed by atoms with Gasteiger partial charge in [-0.1, -0.05) is 29.8 Å². The normalized spacial score (nSPS) is 16.6.